The van der Waals surface area contributed by atoms with Gasteiger partial charge in [-0.2, -0.15) is 0 Å². The van der Waals surface area contributed by atoms with Crippen molar-refractivity contribution < 1.29 is 14.3 Å². The number of nitrogens with zero attached hydrogens (tertiary/aromatic N) is 1. The third-order valence-corrected chi connectivity index (χ3v) is 2.10. The van der Waals surface area contributed by atoms with E-state index in [0.717, 1.165) is 6.20 Å². The van der Waals surface area contributed by atoms with Gasteiger partial charge in [-0.25, -0.2) is 4.39 Å². The van der Waals surface area contributed by atoms with E-state index in [-0.39, 0.29) is 6.42 Å². The Morgan fingerprint density at radius 1 is 1.47 bits per heavy atom. The van der Waals surface area contributed by atoms with Crippen molar-refractivity contribution in [2.45, 2.75) is 6.42 Å². The smallest absolute Gasteiger partial charge is 0.307 e. The maximum absolute atomic E-state index is 12.9. The molecule has 0 saturated heterocycles. The van der Waals surface area contributed by atoms with Crippen LogP contribution < -0.4 is 0 Å². The molecule has 1 N–H and O–H groups in total. The van der Waals surface area contributed by atoms with Crippen LogP contribution in [0.5, 0.6) is 0 Å². The number of aliphatic carboxylic acids is 1. The van der Waals surface area contributed by atoms with Gasteiger partial charge in [0.2, 0.25) is 0 Å². The van der Waals surface area contributed by atoms with Crippen LogP contribution in [0.25, 0.3) is 10.9 Å². The molecule has 0 aliphatic carbocycles. The first-order chi connectivity index (χ1) is 7.16. The number of halogens is 1. The number of hydrogen-bond acceptors (Lipinski definition) is 2. The number of hydrogen-bond donors (Lipinski definition) is 1. The topological polar surface area (TPSA) is 50.2 Å². The fraction of sp³-hybridized carbons (Fsp3) is 0.0909. The van der Waals surface area contributed by atoms with Gasteiger partial charge in [0.25, 0.3) is 0 Å². The Bertz CT molecular complexity index is 525. The van der Waals surface area contributed by atoms with E-state index in [1.165, 1.54) is 6.07 Å². The van der Waals surface area contributed by atoms with Crippen molar-refractivity contribution >= 4 is 16.9 Å². The molecule has 0 bridgehead atoms. The van der Waals surface area contributed by atoms with Gasteiger partial charge < -0.3 is 5.11 Å². The van der Waals surface area contributed by atoms with E-state index in [1.807, 2.05) is 0 Å². The molecule has 1 aromatic heterocycles. The van der Waals surface area contributed by atoms with E-state index in [4.69, 9.17) is 5.11 Å². The molecular formula is C11H8FNO2. The summed E-state index contributed by atoms with van der Waals surface area (Å²) in [6, 6.07) is 6.42. The van der Waals surface area contributed by atoms with Crippen LogP contribution in [-0.2, 0) is 11.2 Å². The number of carboxylic acids is 1. The molecule has 0 atom stereocenters. The number of rotatable bonds is 2. The summed E-state index contributed by atoms with van der Waals surface area (Å²) in [5.41, 5.74) is 1.14. The molecule has 76 valence electrons. The quantitative estimate of drug-likeness (QED) is 0.815. The molecule has 2 aromatic rings. The van der Waals surface area contributed by atoms with Crippen molar-refractivity contribution in [1.82, 2.24) is 4.98 Å². The fourth-order valence-corrected chi connectivity index (χ4v) is 1.50. The lowest BCUT2D eigenvalue weighted by molar-refractivity contribution is -0.136. The molecule has 0 amide bonds. The Kier molecular flexibility index (Phi) is 2.33. The summed E-state index contributed by atoms with van der Waals surface area (Å²) < 4.78 is 12.9. The van der Waals surface area contributed by atoms with E-state index < -0.39 is 11.8 Å². The van der Waals surface area contributed by atoms with Gasteiger partial charge in [0.05, 0.1) is 18.1 Å². The summed E-state index contributed by atoms with van der Waals surface area (Å²) in [4.78, 5) is 14.5. The Labute approximate surface area is 85.2 Å². The molecule has 0 unspecified atom stereocenters. The molecule has 0 aliphatic rings. The van der Waals surface area contributed by atoms with E-state index in [1.54, 1.807) is 18.2 Å². The van der Waals surface area contributed by atoms with Crippen molar-refractivity contribution in [2.75, 3.05) is 0 Å². The van der Waals surface area contributed by atoms with Gasteiger partial charge in [-0.1, -0.05) is 18.2 Å². The molecule has 0 fully saturated rings. The first kappa shape index (κ1) is 9.58. The number of fused-ring (bicyclic) bond motifs is 1. The Hall–Kier alpha value is -1.97. The summed E-state index contributed by atoms with van der Waals surface area (Å²) in [7, 11) is 0. The predicted molar refractivity (Wildman–Crippen MR) is 53.0 cm³/mol. The van der Waals surface area contributed by atoms with Crippen LogP contribution in [-0.4, -0.2) is 16.1 Å². The van der Waals surface area contributed by atoms with Crippen molar-refractivity contribution in [3.63, 3.8) is 0 Å². The lowest BCUT2D eigenvalue weighted by atomic mass is 10.1. The van der Waals surface area contributed by atoms with Gasteiger partial charge >= 0.3 is 5.97 Å². The molecule has 1 heterocycles. The molecule has 0 radical (unpaired) electrons. The van der Waals surface area contributed by atoms with Crippen LogP contribution in [0.1, 0.15) is 5.56 Å². The Morgan fingerprint density at radius 3 is 3.00 bits per heavy atom. The van der Waals surface area contributed by atoms with Gasteiger partial charge in [0, 0.05) is 5.39 Å². The third-order valence-electron chi connectivity index (χ3n) is 2.10. The zero-order chi connectivity index (χ0) is 10.8. The largest absolute Gasteiger partial charge is 0.481 e. The predicted octanol–water partition coefficient (Wildman–Crippen LogP) is 2.00. The minimum absolute atomic E-state index is 0.101. The number of aromatic nitrogens is 1. The van der Waals surface area contributed by atoms with Gasteiger partial charge in [-0.15, -0.1) is 0 Å². The molecule has 15 heavy (non-hydrogen) atoms. The summed E-state index contributed by atoms with van der Waals surface area (Å²) in [5, 5.41) is 9.30. The highest BCUT2D eigenvalue weighted by Crippen LogP contribution is 2.17. The number of carboxylic acid groups (broad SMARTS) is 1. The number of para-hydroxylation sites is 1. The standard InChI is InChI=1S/C11H8FNO2/c12-9-4-7-2-1-3-8(5-10(14)15)11(7)13-6-9/h1-4,6H,5H2,(H,14,15). The second kappa shape index (κ2) is 3.65. The number of benzene rings is 1. The lowest BCUT2D eigenvalue weighted by Crippen LogP contribution is -2.01. The summed E-state index contributed by atoms with van der Waals surface area (Å²) >= 11 is 0. The Morgan fingerprint density at radius 2 is 2.27 bits per heavy atom. The summed E-state index contributed by atoms with van der Waals surface area (Å²) in [6.07, 6.45) is 0.990. The van der Waals surface area contributed by atoms with Crippen LogP contribution in [0.3, 0.4) is 0 Å². The van der Waals surface area contributed by atoms with Crippen LogP contribution >= 0.6 is 0 Å². The molecule has 2 rings (SSSR count). The second-order valence-corrected chi connectivity index (χ2v) is 3.21. The SMILES string of the molecule is O=C(O)Cc1cccc2cc(F)cnc12. The zero-order valence-electron chi connectivity index (χ0n) is 7.77. The van der Waals surface area contributed by atoms with Crippen LogP contribution in [0.4, 0.5) is 4.39 Å². The van der Waals surface area contributed by atoms with E-state index >= 15 is 0 Å². The van der Waals surface area contributed by atoms with Crippen molar-refractivity contribution in [1.29, 1.82) is 0 Å². The molecule has 3 nitrogen and oxygen atoms in total. The summed E-state index contributed by atoms with van der Waals surface area (Å²) in [5.74, 6) is -1.34. The van der Waals surface area contributed by atoms with Crippen molar-refractivity contribution in [3.05, 3.63) is 41.8 Å². The van der Waals surface area contributed by atoms with E-state index in [2.05, 4.69) is 4.98 Å². The molecule has 1 aromatic carbocycles. The monoisotopic (exact) mass is 205 g/mol. The molecular weight excluding hydrogens is 197 g/mol. The highest BCUT2D eigenvalue weighted by molar-refractivity contribution is 5.85. The number of carbonyl (C=O) groups is 1. The molecule has 4 heteroatoms. The van der Waals surface area contributed by atoms with Gasteiger partial charge in [0.15, 0.2) is 0 Å². The summed E-state index contributed by atoms with van der Waals surface area (Å²) in [6.45, 7) is 0. The van der Waals surface area contributed by atoms with Crippen molar-refractivity contribution in [2.24, 2.45) is 0 Å². The van der Waals surface area contributed by atoms with E-state index in [9.17, 15) is 9.18 Å². The van der Waals surface area contributed by atoms with Gasteiger partial charge in [0.1, 0.15) is 5.82 Å². The van der Waals surface area contributed by atoms with Crippen LogP contribution in [0, 0.1) is 5.82 Å². The average molecular weight is 205 g/mol. The fourth-order valence-electron chi connectivity index (χ4n) is 1.50. The van der Waals surface area contributed by atoms with Gasteiger partial charge in [-0.3, -0.25) is 9.78 Å². The van der Waals surface area contributed by atoms with E-state index in [0.29, 0.717) is 16.5 Å². The molecule has 0 saturated carbocycles. The molecule has 0 spiro atoms. The second-order valence-electron chi connectivity index (χ2n) is 3.21. The average Bonchev–Trinajstić information content (AvgIpc) is 2.16. The minimum atomic E-state index is -0.923. The van der Waals surface area contributed by atoms with Crippen LogP contribution in [0.15, 0.2) is 30.5 Å². The normalized spacial score (nSPS) is 10.5. The van der Waals surface area contributed by atoms with Gasteiger partial charge in [-0.05, 0) is 11.6 Å². The lowest BCUT2D eigenvalue weighted by Gasteiger charge is -2.02. The highest BCUT2D eigenvalue weighted by Gasteiger charge is 2.06. The zero-order valence-corrected chi connectivity index (χ0v) is 7.77. The molecule has 0 aliphatic heterocycles. The maximum atomic E-state index is 12.9. The number of pyridine rings is 1. The Balaban J connectivity index is 2.60. The van der Waals surface area contributed by atoms with Crippen molar-refractivity contribution in [3.8, 4) is 0 Å². The first-order valence-electron chi connectivity index (χ1n) is 4.42. The maximum Gasteiger partial charge on any atom is 0.307 e. The minimum Gasteiger partial charge on any atom is -0.481 e. The highest BCUT2D eigenvalue weighted by atomic mass is 19.1. The van der Waals surface area contributed by atoms with Crippen LogP contribution in [0.2, 0.25) is 0 Å². The third kappa shape index (κ3) is 1.93. The first-order valence-corrected chi connectivity index (χ1v) is 4.42.